The number of anilines is 1. The number of aliphatic hydroxyl groups is 1. The van der Waals surface area contributed by atoms with Gasteiger partial charge in [0.05, 0.1) is 16.7 Å². The molecule has 0 spiro atoms. The molecule has 1 aromatic carbocycles. The molecule has 5 rings (SSSR count). The van der Waals surface area contributed by atoms with E-state index in [0.717, 1.165) is 62.4 Å². The molecule has 0 bridgehead atoms. The highest BCUT2D eigenvalue weighted by molar-refractivity contribution is 6.23. The predicted molar refractivity (Wildman–Crippen MR) is 120 cm³/mol. The van der Waals surface area contributed by atoms with Gasteiger partial charge in [0, 0.05) is 44.8 Å². The van der Waals surface area contributed by atoms with E-state index in [2.05, 4.69) is 15.1 Å². The third kappa shape index (κ3) is 4.15. The van der Waals surface area contributed by atoms with Crippen LogP contribution in [-0.2, 0) is 9.59 Å². The van der Waals surface area contributed by atoms with Gasteiger partial charge in [-0.3, -0.25) is 34.3 Å². The molecule has 4 aliphatic rings. The molecule has 9 nitrogen and oxygen atoms in total. The third-order valence-corrected chi connectivity index (χ3v) is 7.46. The number of benzene rings is 1. The van der Waals surface area contributed by atoms with Crippen molar-refractivity contribution in [2.45, 2.75) is 56.6 Å². The van der Waals surface area contributed by atoms with Crippen LogP contribution in [0.5, 0.6) is 0 Å². The molecule has 1 aliphatic carbocycles. The van der Waals surface area contributed by atoms with Gasteiger partial charge in [0.2, 0.25) is 11.8 Å². The number of fused-ring (bicyclic) bond motifs is 1. The predicted octanol–water partition coefficient (Wildman–Crippen LogP) is 0.905. The minimum Gasteiger partial charge on any atom is -0.389 e. The Bertz CT molecular complexity index is 995. The summed E-state index contributed by atoms with van der Waals surface area (Å²) in [6.45, 7) is 3.91. The standard InChI is InChI=1S/C24H30N4O5/c29-20-7-6-19(21(30)25-20)28-22(31)17-5-4-16(14-18(17)23(28)32)27-12-10-26(11-13-27)15-24(33)8-2-1-3-9-24/h4-5,14,19,33H,1-3,6-13,15H2,(H,25,29,30). The van der Waals surface area contributed by atoms with Gasteiger partial charge in [-0.2, -0.15) is 0 Å². The van der Waals surface area contributed by atoms with Crippen molar-refractivity contribution in [1.29, 1.82) is 0 Å². The van der Waals surface area contributed by atoms with Crippen LogP contribution in [0.1, 0.15) is 65.7 Å². The van der Waals surface area contributed by atoms with Gasteiger partial charge in [-0.1, -0.05) is 19.3 Å². The Labute approximate surface area is 192 Å². The van der Waals surface area contributed by atoms with Gasteiger partial charge in [-0.15, -0.1) is 0 Å². The molecule has 4 amide bonds. The molecule has 3 aliphatic heterocycles. The zero-order valence-corrected chi connectivity index (χ0v) is 18.7. The first-order valence-corrected chi connectivity index (χ1v) is 11.9. The van der Waals surface area contributed by atoms with Gasteiger partial charge >= 0.3 is 0 Å². The number of carbonyl (C=O) groups excluding carboxylic acids is 4. The number of imide groups is 2. The van der Waals surface area contributed by atoms with Gasteiger partial charge in [0.25, 0.3) is 11.8 Å². The largest absolute Gasteiger partial charge is 0.389 e. The first kappa shape index (κ1) is 22.0. The molecule has 2 saturated heterocycles. The lowest BCUT2D eigenvalue weighted by Gasteiger charge is -2.41. The lowest BCUT2D eigenvalue weighted by molar-refractivity contribution is -0.136. The molecule has 3 fully saturated rings. The van der Waals surface area contributed by atoms with E-state index < -0.39 is 29.4 Å². The van der Waals surface area contributed by atoms with E-state index in [-0.39, 0.29) is 18.7 Å². The Morgan fingerprint density at radius 2 is 1.64 bits per heavy atom. The summed E-state index contributed by atoms with van der Waals surface area (Å²) < 4.78 is 0. The second kappa shape index (κ2) is 8.53. The molecule has 3 heterocycles. The Balaban J connectivity index is 1.25. The fraction of sp³-hybridized carbons (Fsp3) is 0.583. The monoisotopic (exact) mass is 454 g/mol. The van der Waals surface area contributed by atoms with Crippen molar-refractivity contribution in [1.82, 2.24) is 15.1 Å². The Hall–Kier alpha value is -2.78. The maximum absolute atomic E-state index is 13.1. The molecule has 1 saturated carbocycles. The zero-order chi connectivity index (χ0) is 23.2. The minimum atomic E-state index is -0.951. The molecule has 2 N–H and O–H groups in total. The van der Waals surface area contributed by atoms with Crippen LogP contribution < -0.4 is 10.2 Å². The molecule has 9 heteroatoms. The normalized spacial score (nSPS) is 25.9. The summed E-state index contributed by atoms with van der Waals surface area (Å²) in [5.41, 5.74) is 0.907. The molecule has 0 radical (unpaired) electrons. The van der Waals surface area contributed by atoms with E-state index >= 15 is 0 Å². The van der Waals surface area contributed by atoms with Crippen LogP contribution in [0.3, 0.4) is 0 Å². The van der Waals surface area contributed by atoms with Crippen molar-refractivity contribution in [2.75, 3.05) is 37.6 Å². The Morgan fingerprint density at radius 3 is 2.33 bits per heavy atom. The van der Waals surface area contributed by atoms with Crippen LogP contribution in [0.2, 0.25) is 0 Å². The van der Waals surface area contributed by atoms with Crippen LogP contribution in [-0.4, -0.2) is 82.9 Å². The smallest absolute Gasteiger partial charge is 0.262 e. The van der Waals surface area contributed by atoms with Gasteiger partial charge in [-0.05, 0) is 37.5 Å². The number of nitrogens with one attached hydrogen (secondary N) is 1. The van der Waals surface area contributed by atoms with E-state index in [1.54, 1.807) is 12.1 Å². The molecular formula is C24H30N4O5. The summed E-state index contributed by atoms with van der Waals surface area (Å²) in [5, 5.41) is 13.1. The highest BCUT2D eigenvalue weighted by Crippen LogP contribution is 2.32. The SMILES string of the molecule is O=C1CCC(N2C(=O)c3ccc(N4CCN(CC5(O)CCCCC5)CC4)cc3C2=O)C(=O)N1. The van der Waals surface area contributed by atoms with E-state index in [1.165, 1.54) is 6.42 Å². The highest BCUT2D eigenvalue weighted by Gasteiger charge is 2.44. The average Bonchev–Trinajstić information content (AvgIpc) is 3.04. The van der Waals surface area contributed by atoms with Crippen LogP contribution in [0.4, 0.5) is 5.69 Å². The number of amides is 4. The summed E-state index contributed by atoms with van der Waals surface area (Å²) in [7, 11) is 0. The maximum atomic E-state index is 13.1. The van der Waals surface area contributed by atoms with Crippen LogP contribution in [0.15, 0.2) is 18.2 Å². The van der Waals surface area contributed by atoms with E-state index in [0.29, 0.717) is 17.7 Å². The fourth-order valence-electron chi connectivity index (χ4n) is 5.60. The van der Waals surface area contributed by atoms with Crippen molar-refractivity contribution in [3.8, 4) is 0 Å². The van der Waals surface area contributed by atoms with E-state index in [1.807, 2.05) is 6.07 Å². The maximum Gasteiger partial charge on any atom is 0.262 e. The molecule has 176 valence electrons. The van der Waals surface area contributed by atoms with Gasteiger partial charge in [-0.25, -0.2) is 0 Å². The number of hydrogen-bond donors (Lipinski definition) is 2. The number of carbonyl (C=O) groups is 4. The Morgan fingerprint density at radius 1 is 0.939 bits per heavy atom. The summed E-state index contributed by atoms with van der Waals surface area (Å²) in [6.07, 6.45) is 5.39. The molecule has 1 aromatic rings. The second-order valence-electron chi connectivity index (χ2n) is 9.73. The van der Waals surface area contributed by atoms with Gasteiger partial charge in [0.1, 0.15) is 6.04 Å². The number of rotatable bonds is 4. The van der Waals surface area contributed by atoms with Crippen LogP contribution in [0, 0.1) is 0 Å². The minimum absolute atomic E-state index is 0.106. The summed E-state index contributed by atoms with van der Waals surface area (Å²) >= 11 is 0. The van der Waals surface area contributed by atoms with E-state index in [4.69, 9.17) is 0 Å². The van der Waals surface area contributed by atoms with E-state index in [9.17, 15) is 24.3 Å². The number of hydrogen-bond acceptors (Lipinski definition) is 7. The molecule has 1 unspecified atom stereocenters. The Kier molecular flexibility index (Phi) is 5.70. The summed E-state index contributed by atoms with van der Waals surface area (Å²) in [5.74, 6) is -1.95. The summed E-state index contributed by atoms with van der Waals surface area (Å²) in [4.78, 5) is 55.1. The zero-order valence-electron chi connectivity index (χ0n) is 18.7. The van der Waals surface area contributed by atoms with Gasteiger partial charge in [0.15, 0.2) is 0 Å². The molecule has 1 atom stereocenters. The number of β-amino-alcohol motifs (C(OH)–C–C–N with tert-alkyl or cyclic N) is 1. The number of piperidine rings is 1. The van der Waals surface area contributed by atoms with Crippen molar-refractivity contribution in [3.05, 3.63) is 29.3 Å². The average molecular weight is 455 g/mol. The van der Waals surface area contributed by atoms with Crippen molar-refractivity contribution in [2.24, 2.45) is 0 Å². The third-order valence-electron chi connectivity index (χ3n) is 7.46. The number of nitrogens with zero attached hydrogens (tertiary/aromatic N) is 3. The first-order valence-electron chi connectivity index (χ1n) is 11.9. The molecule has 33 heavy (non-hydrogen) atoms. The second-order valence-corrected chi connectivity index (χ2v) is 9.73. The lowest BCUT2D eigenvalue weighted by Crippen LogP contribution is -2.54. The molecular weight excluding hydrogens is 424 g/mol. The topological polar surface area (TPSA) is 110 Å². The van der Waals surface area contributed by atoms with Crippen LogP contribution in [0.25, 0.3) is 0 Å². The first-order chi connectivity index (χ1) is 15.8. The summed E-state index contributed by atoms with van der Waals surface area (Å²) in [6, 6.07) is 4.30. The fourth-order valence-corrected chi connectivity index (χ4v) is 5.60. The number of piperazine rings is 1. The highest BCUT2D eigenvalue weighted by atomic mass is 16.3. The molecule has 0 aromatic heterocycles. The van der Waals surface area contributed by atoms with Crippen molar-refractivity contribution >= 4 is 29.3 Å². The van der Waals surface area contributed by atoms with Crippen LogP contribution >= 0.6 is 0 Å². The van der Waals surface area contributed by atoms with Crippen molar-refractivity contribution in [3.63, 3.8) is 0 Å². The van der Waals surface area contributed by atoms with Crippen molar-refractivity contribution < 1.29 is 24.3 Å². The quantitative estimate of drug-likeness (QED) is 0.651. The van der Waals surface area contributed by atoms with Gasteiger partial charge < -0.3 is 10.0 Å². The lowest BCUT2D eigenvalue weighted by atomic mass is 9.84.